The van der Waals surface area contributed by atoms with Crippen LogP contribution < -0.4 is 10.4 Å². The van der Waals surface area contributed by atoms with Gasteiger partial charge in [0.1, 0.15) is 6.04 Å². The SMILES string of the molecule is C1=C(c2ccccc2)NN(c2ccccc2)C1c1ccc[nH]1. The standard InChI is InChI=1S/C19H17N3/c1-3-8-15(9-4-1)18-14-19(17-12-7-13-20-17)22(21-18)16-10-5-2-6-11-16/h1-14,19-21H. The average Bonchev–Trinajstić information content (AvgIpc) is 3.26. The lowest BCUT2D eigenvalue weighted by Gasteiger charge is -2.26. The Labute approximate surface area is 129 Å². The van der Waals surface area contributed by atoms with E-state index < -0.39 is 0 Å². The Kier molecular flexibility index (Phi) is 3.16. The van der Waals surface area contributed by atoms with E-state index >= 15 is 0 Å². The van der Waals surface area contributed by atoms with Gasteiger partial charge in [-0.05, 0) is 35.9 Å². The first-order valence-electron chi connectivity index (χ1n) is 7.43. The Bertz CT molecular complexity index is 761. The fraction of sp³-hybridized carbons (Fsp3) is 0.0526. The van der Waals surface area contributed by atoms with Crippen LogP contribution in [0.1, 0.15) is 17.3 Å². The summed E-state index contributed by atoms with van der Waals surface area (Å²) in [5.41, 5.74) is 8.17. The second-order valence-electron chi connectivity index (χ2n) is 5.33. The summed E-state index contributed by atoms with van der Waals surface area (Å²) >= 11 is 0. The van der Waals surface area contributed by atoms with Crippen LogP contribution in [-0.2, 0) is 0 Å². The molecule has 1 aromatic heterocycles. The third-order valence-corrected chi connectivity index (χ3v) is 3.90. The quantitative estimate of drug-likeness (QED) is 0.759. The first kappa shape index (κ1) is 12.8. The van der Waals surface area contributed by atoms with Gasteiger partial charge in [-0.2, -0.15) is 0 Å². The van der Waals surface area contributed by atoms with Crippen molar-refractivity contribution in [1.29, 1.82) is 0 Å². The minimum atomic E-state index is 0.146. The van der Waals surface area contributed by atoms with E-state index in [9.17, 15) is 0 Å². The summed E-state index contributed by atoms with van der Waals surface area (Å²) in [6.45, 7) is 0. The molecule has 2 heterocycles. The number of aromatic nitrogens is 1. The predicted octanol–water partition coefficient (Wildman–Crippen LogP) is 4.12. The molecule has 0 saturated carbocycles. The Hall–Kier alpha value is -2.94. The topological polar surface area (TPSA) is 31.1 Å². The van der Waals surface area contributed by atoms with E-state index in [0.29, 0.717) is 0 Å². The van der Waals surface area contributed by atoms with E-state index in [1.807, 2.05) is 24.4 Å². The van der Waals surface area contributed by atoms with Crippen molar-refractivity contribution in [3.63, 3.8) is 0 Å². The molecule has 0 radical (unpaired) electrons. The van der Waals surface area contributed by atoms with Gasteiger partial charge in [0.15, 0.2) is 0 Å². The van der Waals surface area contributed by atoms with Crippen LogP contribution in [-0.4, -0.2) is 4.98 Å². The Morgan fingerprint density at radius 3 is 2.18 bits per heavy atom. The highest BCUT2D eigenvalue weighted by atomic mass is 15.5. The number of nitrogens with zero attached hydrogens (tertiary/aromatic N) is 1. The number of rotatable bonds is 3. The van der Waals surface area contributed by atoms with Crippen LogP contribution in [0.25, 0.3) is 5.70 Å². The fourth-order valence-corrected chi connectivity index (χ4v) is 2.82. The van der Waals surface area contributed by atoms with Gasteiger partial charge in [0.05, 0.1) is 11.4 Å². The number of anilines is 1. The molecule has 4 rings (SSSR count). The molecule has 22 heavy (non-hydrogen) atoms. The molecule has 0 aliphatic carbocycles. The summed E-state index contributed by atoms with van der Waals surface area (Å²) in [5.74, 6) is 0. The number of para-hydroxylation sites is 1. The van der Waals surface area contributed by atoms with Crippen LogP contribution in [0.15, 0.2) is 85.1 Å². The molecule has 0 spiro atoms. The number of benzene rings is 2. The monoisotopic (exact) mass is 287 g/mol. The lowest BCUT2D eigenvalue weighted by molar-refractivity contribution is 0.710. The third kappa shape index (κ3) is 2.27. The molecule has 2 N–H and O–H groups in total. The van der Waals surface area contributed by atoms with Gasteiger partial charge in [-0.15, -0.1) is 0 Å². The van der Waals surface area contributed by atoms with E-state index in [-0.39, 0.29) is 6.04 Å². The van der Waals surface area contributed by atoms with Crippen molar-refractivity contribution in [3.05, 3.63) is 96.3 Å². The van der Waals surface area contributed by atoms with Crippen molar-refractivity contribution >= 4 is 11.4 Å². The third-order valence-electron chi connectivity index (χ3n) is 3.90. The molecule has 1 atom stereocenters. The first-order chi connectivity index (χ1) is 10.9. The van der Waals surface area contributed by atoms with E-state index in [0.717, 1.165) is 11.4 Å². The molecule has 1 aliphatic heterocycles. The number of hydrazine groups is 1. The average molecular weight is 287 g/mol. The fourth-order valence-electron chi connectivity index (χ4n) is 2.82. The molecular formula is C19H17N3. The zero-order valence-corrected chi connectivity index (χ0v) is 12.1. The van der Waals surface area contributed by atoms with Crippen LogP contribution in [0.2, 0.25) is 0 Å². The molecule has 0 saturated heterocycles. The van der Waals surface area contributed by atoms with E-state index in [1.54, 1.807) is 0 Å². The highest BCUT2D eigenvalue weighted by molar-refractivity contribution is 5.71. The van der Waals surface area contributed by atoms with E-state index in [4.69, 9.17) is 0 Å². The molecular weight excluding hydrogens is 270 g/mol. The molecule has 3 nitrogen and oxygen atoms in total. The van der Waals surface area contributed by atoms with Crippen LogP contribution >= 0.6 is 0 Å². The van der Waals surface area contributed by atoms with Crippen molar-refractivity contribution < 1.29 is 0 Å². The van der Waals surface area contributed by atoms with Gasteiger partial charge < -0.3 is 4.98 Å². The zero-order chi connectivity index (χ0) is 14.8. The molecule has 1 aliphatic rings. The molecule has 0 amide bonds. The summed E-state index contributed by atoms with van der Waals surface area (Å²) in [4.78, 5) is 3.32. The van der Waals surface area contributed by atoms with Crippen molar-refractivity contribution in [1.82, 2.24) is 10.4 Å². The Morgan fingerprint density at radius 2 is 1.50 bits per heavy atom. The van der Waals surface area contributed by atoms with Crippen LogP contribution in [0, 0.1) is 0 Å². The normalized spacial score (nSPS) is 17.2. The molecule has 2 aromatic carbocycles. The summed E-state index contributed by atoms with van der Waals surface area (Å²) in [7, 11) is 0. The summed E-state index contributed by atoms with van der Waals surface area (Å²) in [6, 6.07) is 25.1. The van der Waals surface area contributed by atoms with Crippen LogP contribution in [0.5, 0.6) is 0 Å². The predicted molar refractivity (Wildman–Crippen MR) is 90.0 cm³/mol. The van der Waals surface area contributed by atoms with Crippen molar-refractivity contribution in [2.24, 2.45) is 0 Å². The largest absolute Gasteiger partial charge is 0.363 e. The van der Waals surface area contributed by atoms with Gasteiger partial charge in [-0.3, -0.25) is 10.4 Å². The smallest absolute Gasteiger partial charge is 0.111 e. The maximum atomic E-state index is 3.54. The molecule has 0 fully saturated rings. The molecule has 3 aromatic rings. The second-order valence-corrected chi connectivity index (χ2v) is 5.33. The lowest BCUT2D eigenvalue weighted by atomic mass is 10.1. The highest BCUT2D eigenvalue weighted by Gasteiger charge is 2.27. The van der Waals surface area contributed by atoms with Crippen LogP contribution in [0.4, 0.5) is 5.69 Å². The molecule has 1 unspecified atom stereocenters. The number of hydrogen-bond acceptors (Lipinski definition) is 2. The summed E-state index contributed by atoms with van der Waals surface area (Å²) < 4.78 is 0. The van der Waals surface area contributed by atoms with E-state index in [2.05, 4.69) is 76.1 Å². The Morgan fingerprint density at radius 1 is 0.773 bits per heavy atom. The number of aromatic amines is 1. The maximum absolute atomic E-state index is 3.54. The van der Waals surface area contributed by atoms with Crippen LogP contribution in [0.3, 0.4) is 0 Å². The minimum absolute atomic E-state index is 0.146. The lowest BCUT2D eigenvalue weighted by Crippen LogP contribution is -2.34. The number of nitrogens with one attached hydrogen (secondary N) is 2. The highest BCUT2D eigenvalue weighted by Crippen LogP contribution is 2.33. The maximum Gasteiger partial charge on any atom is 0.111 e. The molecule has 0 bridgehead atoms. The molecule has 3 heteroatoms. The number of H-pyrrole nitrogens is 1. The molecule has 108 valence electrons. The summed E-state index contributed by atoms with van der Waals surface area (Å²) in [6.07, 6.45) is 4.22. The Balaban J connectivity index is 1.74. The van der Waals surface area contributed by atoms with Crippen molar-refractivity contribution in [2.45, 2.75) is 6.04 Å². The van der Waals surface area contributed by atoms with Gasteiger partial charge in [-0.1, -0.05) is 48.5 Å². The van der Waals surface area contributed by atoms with Gasteiger partial charge in [0.2, 0.25) is 0 Å². The van der Waals surface area contributed by atoms with Crippen molar-refractivity contribution in [2.75, 3.05) is 5.01 Å². The zero-order valence-electron chi connectivity index (χ0n) is 12.1. The van der Waals surface area contributed by atoms with Gasteiger partial charge in [0, 0.05) is 11.9 Å². The van der Waals surface area contributed by atoms with Gasteiger partial charge >= 0.3 is 0 Å². The number of hydrogen-bond donors (Lipinski definition) is 2. The minimum Gasteiger partial charge on any atom is -0.363 e. The second kappa shape index (κ2) is 5.45. The summed E-state index contributed by atoms with van der Waals surface area (Å²) in [5, 5.41) is 2.19. The first-order valence-corrected chi connectivity index (χ1v) is 7.43. The van der Waals surface area contributed by atoms with Crippen molar-refractivity contribution in [3.8, 4) is 0 Å². The van der Waals surface area contributed by atoms with Gasteiger partial charge in [-0.25, -0.2) is 0 Å². The van der Waals surface area contributed by atoms with E-state index in [1.165, 1.54) is 11.3 Å². The van der Waals surface area contributed by atoms with Gasteiger partial charge in [0.25, 0.3) is 0 Å².